The van der Waals surface area contributed by atoms with Gasteiger partial charge in [-0.1, -0.05) is 60.7 Å². The Labute approximate surface area is 176 Å². The summed E-state index contributed by atoms with van der Waals surface area (Å²) in [6.45, 7) is 2.51. The third-order valence-electron chi connectivity index (χ3n) is 4.56. The van der Waals surface area contributed by atoms with Crippen molar-refractivity contribution >= 4 is 11.4 Å². The van der Waals surface area contributed by atoms with Crippen molar-refractivity contribution in [2.75, 3.05) is 9.80 Å². The average molecular weight is 437 g/mol. The Hall–Kier alpha value is -3.16. The fourth-order valence-corrected chi connectivity index (χ4v) is 3.15. The molecule has 3 rings (SSSR count). The van der Waals surface area contributed by atoms with E-state index in [0.29, 0.717) is 11.1 Å². The van der Waals surface area contributed by atoms with E-state index in [9.17, 15) is 26.3 Å². The maximum atomic E-state index is 13.8. The van der Waals surface area contributed by atoms with Crippen LogP contribution in [0.25, 0.3) is 0 Å². The number of rotatable bonds is 6. The normalized spacial score (nSPS) is 12.0. The first-order valence-corrected chi connectivity index (χ1v) is 9.27. The second-order valence-corrected chi connectivity index (χ2v) is 6.94. The van der Waals surface area contributed by atoms with Crippen molar-refractivity contribution in [2.24, 2.45) is 0 Å². The van der Waals surface area contributed by atoms with Crippen LogP contribution in [-0.2, 0) is 13.1 Å². The zero-order valence-corrected chi connectivity index (χ0v) is 16.3. The molecule has 0 saturated heterocycles. The van der Waals surface area contributed by atoms with Crippen LogP contribution in [0.2, 0.25) is 0 Å². The zero-order chi connectivity index (χ0) is 22.6. The van der Waals surface area contributed by atoms with Crippen LogP contribution in [0.5, 0.6) is 0 Å². The highest BCUT2D eigenvalue weighted by molar-refractivity contribution is 5.63. The van der Waals surface area contributed by atoms with Crippen LogP contribution in [0.1, 0.15) is 16.7 Å². The molecule has 0 unspecified atom stereocenters. The smallest absolute Gasteiger partial charge is 0.280 e. The van der Waals surface area contributed by atoms with Gasteiger partial charge in [0.2, 0.25) is 0 Å². The molecule has 0 aliphatic rings. The van der Waals surface area contributed by atoms with Crippen LogP contribution >= 0.6 is 0 Å². The van der Waals surface area contributed by atoms with Crippen molar-refractivity contribution in [3.63, 3.8) is 0 Å². The van der Waals surface area contributed by atoms with Gasteiger partial charge in [-0.2, -0.15) is 26.3 Å². The van der Waals surface area contributed by atoms with Gasteiger partial charge in [0.1, 0.15) is 0 Å². The minimum absolute atomic E-state index is 0.0390. The fourth-order valence-electron chi connectivity index (χ4n) is 3.15. The van der Waals surface area contributed by atoms with Crippen molar-refractivity contribution in [1.29, 1.82) is 0 Å². The molecule has 0 N–H and O–H groups in total. The van der Waals surface area contributed by atoms with Gasteiger partial charge in [-0.15, -0.1) is 0 Å². The zero-order valence-electron chi connectivity index (χ0n) is 16.3. The van der Waals surface area contributed by atoms with Crippen LogP contribution in [0.4, 0.5) is 37.7 Å². The molecule has 3 aromatic rings. The lowest BCUT2D eigenvalue weighted by Gasteiger charge is -2.31. The third kappa shape index (κ3) is 5.93. The molecule has 0 fully saturated rings. The SMILES string of the molecule is [CH2]c1cc(N(Cc2ccccc2)C(F)(F)F)cc(N(Cc2ccccc2)C(F)(F)F)c1. The van der Waals surface area contributed by atoms with Crippen molar-refractivity contribution in [1.82, 2.24) is 0 Å². The molecular weight excluding hydrogens is 418 g/mol. The van der Waals surface area contributed by atoms with E-state index in [1.165, 1.54) is 24.3 Å². The summed E-state index contributed by atoms with van der Waals surface area (Å²) < 4.78 is 82.8. The Morgan fingerprint density at radius 1 is 0.581 bits per heavy atom. The molecule has 163 valence electrons. The Morgan fingerprint density at radius 3 is 1.26 bits per heavy atom. The molecule has 0 heterocycles. The van der Waals surface area contributed by atoms with Crippen LogP contribution in [0.15, 0.2) is 78.9 Å². The maximum absolute atomic E-state index is 13.8. The van der Waals surface area contributed by atoms with E-state index in [0.717, 1.165) is 18.2 Å². The van der Waals surface area contributed by atoms with Crippen molar-refractivity contribution < 1.29 is 26.3 Å². The van der Waals surface area contributed by atoms with Gasteiger partial charge in [0.15, 0.2) is 0 Å². The van der Waals surface area contributed by atoms with Crippen LogP contribution in [-0.4, -0.2) is 12.6 Å². The van der Waals surface area contributed by atoms with E-state index < -0.39 is 37.1 Å². The first-order valence-electron chi connectivity index (χ1n) is 9.27. The molecule has 1 radical (unpaired) electrons. The van der Waals surface area contributed by atoms with E-state index in [-0.39, 0.29) is 15.4 Å². The molecule has 2 nitrogen and oxygen atoms in total. The summed E-state index contributed by atoms with van der Waals surface area (Å²) >= 11 is 0. The van der Waals surface area contributed by atoms with Gasteiger partial charge in [-0.05, 0) is 41.8 Å². The highest BCUT2D eigenvalue weighted by atomic mass is 19.4. The van der Waals surface area contributed by atoms with Gasteiger partial charge in [0.05, 0.1) is 13.1 Å². The quantitative estimate of drug-likeness (QED) is 0.305. The third-order valence-corrected chi connectivity index (χ3v) is 4.56. The van der Waals surface area contributed by atoms with Gasteiger partial charge < -0.3 is 0 Å². The maximum Gasteiger partial charge on any atom is 0.485 e. The van der Waals surface area contributed by atoms with E-state index in [1.54, 1.807) is 36.4 Å². The number of nitrogens with zero attached hydrogens (tertiary/aromatic N) is 2. The van der Waals surface area contributed by atoms with E-state index >= 15 is 0 Å². The molecule has 0 atom stereocenters. The van der Waals surface area contributed by atoms with Crippen molar-refractivity contribution in [3.8, 4) is 0 Å². The molecule has 0 aliphatic carbocycles. The Kier molecular flexibility index (Phi) is 6.48. The van der Waals surface area contributed by atoms with Gasteiger partial charge in [-0.3, -0.25) is 9.80 Å². The molecular formula is C23H19F6N2. The van der Waals surface area contributed by atoms with Crippen LogP contribution in [0, 0.1) is 6.92 Å². The van der Waals surface area contributed by atoms with Crippen LogP contribution < -0.4 is 9.80 Å². The number of anilines is 2. The monoisotopic (exact) mass is 437 g/mol. The molecule has 0 spiro atoms. The van der Waals surface area contributed by atoms with Crippen molar-refractivity contribution in [2.45, 2.75) is 25.7 Å². The van der Waals surface area contributed by atoms with Crippen molar-refractivity contribution in [3.05, 3.63) is 102 Å². The molecule has 8 heteroatoms. The van der Waals surface area contributed by atoms with Gasteiger partial charge in [0, 0.05) is 11.4 Å². The summed E-state index contributed by atoms with van der Waals surface area (Å²) in [7, 11) is 0. The Balaban J connectivity index is 2.03. The molecule has 0 bridgehead atoms. The lowest BCUT2D eigenvalue weighted by atomic mass is 10.1. The lowest BCUT2D eigenvalue weighted by molar-refractivity contribution is -0.130. The first-order chi connectivity index (χ1) is 14.5. The average Bonchev–Trinajstić information content (AvgIpc) is 2.69. The highest BCUT2D eigenvalue weighted by Crippen LogP contribution is 2.37. The number of benzene rings is 3. The lowest BCUT2D eigenvalue weighted by Crippen LogP contribution is -2.39. The number of hydrogen-bond acceptors (Lipinski definition) is 2. The predicted octanol–water partition coefficient (Wildman–Crippen LogP) is 6.92. The minimum Gasteiger partial charge on any atom is -0.280 e. The number of alkyl halides is 6. The summed E-state index contributed by atoms with van der Waals surface area (Å²) in [4.78, 5) is 0.217. The summed E-state index contributed by atoms with van der Waals surface area (Å²) in [5, 5.41) is 0. The molecule has 0 amide bonds. The van der Waals surface area contributed by atoms with E-state index in [2.05, 4.69) is 6.92 Å². The first kappa shape index (κ1) is 22.5. The van der Waals surface area contributed by atoms with Gasteiger partial charge in [0.25, 0.3) is 0 Å². The highest BCUT2D eigenvalue weighted by Gasteiger charge is 2.40. The summed E-state index contributed by atoms with van der Waals surface area (Å²) in [6.07, 6.45) is -9.60. The fraction of sp³-hybridized carbons (Fsp3) is 0.174. The molecule has 3 aromatic carbocycles. The largest absolute Gasteiger partial charge is 0.485 e. The van der Waals surface area contributed by atoms with E-state index in [1.807, 2.05) is 0 Å². The Bertz CT molecular complexity index is 907. The molecule has 31 heavy (non-hydrogen) atoms. The molecule has 0 saturated carbocycles. The second-order valence-electron chi connectivity index (χ2n) is 6.94. The summed E-state index contributed by atoms with van der Waals surface area (Å²) in [5.41, 5.74) is -0.0555. The molecule has 0 aliphatic heterocycles. The van der Waals surface area contributed by atoms with E-state index in [4.69, 9.17) is 0 Å². The number of halogens is 6. The topological polar surface area (TPSA) is 6.48 Å². The second kappa shape index (κ2) is 8.91. The minimum atomic E-state index is -4.80. The van der Waals surface area contributed by atoms with Gasteiger partial charge in [-0.25, -0.2) is 0 Å². The summed E-state index contributed by atoms with van der Waals surface area (Å²) in [5.74, 6) is 0. The Morgan fingerprint density at radius 2 is 0.935 bits per heavy atom. The standard InChI is InChI=1S/C23H19F6N2/c1-17-12-20(30(22(24,25)26)15-18-8-4-2-5-9-18)14-21(13-17)31(23(27,28)29)16-19-10-6-3-7-11-19/h2-14H,1,15-16H2. The molecule has 0 aromatic heterocycles. The van der Waals surface area contributed by atoms with Gasteiger partial charge >= 0.3 is 12.6 Å². The number of hydrogen-bond donors (Lipinski definition) is 0. The predicted molar refractivity (Wildman–Crippen MR) is 108 cm³/mol. The summed E-state index contributed by atoms with van der Waals surface area (Å²) in [6, 6.07) is 18.9. The van der Waals surface area contributed by atoms with Crippen LogP contribution in [0.3, 0.4) is 0 Å².